The van der Waals surface area contributed by atoms with Gasteiger partial charge in [0.15, 0.2) is 10.8 Å². The van der Waals surface area contributed by atoms with Gasteiger partial charge in [0.25, 0.3) is 5.91 Å². The molecule has 1 aliphatic heterocycles. The van der Waals surface area contributed by atoms with E-state index < -0.39 is 5.97 Å². The Morgan fingerprint density at radius 3 is 2.59 bits per heavy atom. The van der Waals surface area contributed by atoms with E-state index in [1.165, 1.54) is 11.3 Å². The molecule has 0 unspecified atom stereocenters. The number of aromatic hydroxyl groups is 1. The molecule has 0 saturated carbocycles. The molecule has 0 atom stereocenters. The SMILES string of the molecule is Cc1c(O)cccc1-c1ccc(N2CCc3cccc(C(=O)Nc4nc5ccccc5s4)c3C2)nc1C(=O)O. The maximum Gasteiger partial charge on any atom is 0.355 e. The number of amides is 1. The van der Waals surface area contributed by atoms with E-state index in [1.807, 2.05) is 41.3 Å². The second-order valence-corrected chi connectivity index (χ2v) is 10.4. The highest BCUT2D eigenvalue weighted by molar-refractivity contribution is 7.22. The molecule has 3 aromatic carbocycles. The fourth-order valence-corrected chi connectivity index (χ4v) is 5.86. The van der Waals surface area contributed by atoms with Crippen molar-refractivity contribution in [2.75, 3.05) is 16.8 Å². The van der Waals surface area contributed by atoms with E-state index in [2.05, 4.69) is 15.3 Å². The van der Waals surface area contributed by atoms with E-state index in [-0.39, 0.29) is 17.4 Å². The third kappa shape index (κ3) is 4.57. The number of carbonyl (C=O) groups excluding carboxylic acids is 1. The number of carboxylic acid groups (broad SMARTS) is 1. The topological polar surface area (TPSA) is 116 Å². The second-order valence-electron chi connectivity index (χ2n) is 9.38. The van der Waals surface area contributed by atoms with Crippen LogP contribution in [0.5, 0.6) is 5.75 Å². The Balaban J connectivity index is 1.30. The van der Waals surface area contributed by atoms with Crippen molar-refractivity contribution in [3.05, 3.63) is 101 Å². The number of aromatic carboxylic acids is 1. The van der Waals surface area contributed by atoms with Gasteiger partial charge in [0, 0.05) is 24.2 Å². The number of benzene rings is 3. The van der Waals surface area contributed by atoms with Gasteiger partial charge in [0.2, 0.25) is 0 Å². The quantitative estimate of drug-likeness (QED) is 0.257. The van der Waals surface area contributed by atoms with Gasteiger partial charge in [-0.1, -0.05) is 47.7 Å². The molecular weight excluding hydrogens is 512 g/mol. The molecular formula is C30H24N4O4S. The molecule has 3 heterocycles. The Morgan fingerprint density at radius 2 is 1.77 bits per heavy atom. The fraction of sp³-hybridized carbons (Fsp3) is 0.133. The van der Waals surface area contributed by atoms with E-state index in [9.17, 15) is 19.8 Å². The fourth-order valence-electron chi connectivity index (χ4n) is 5.00. The number of carbonyl (C=O) groups is 2. The number of pyridine rings is 1. The van der Waals surface area contributed by atoms with Crippen molar-refractivity contribution in [2.45, 2.75) is 19.9 Å². The van der Waals surface area contributed by atoms with Gasteiger partial charge >= 0.3 is 5.97 Å². The molecule has 5 aromatic rings. The van der Waals surface area contributed by atoms with Gasteiger partial charge in [-0.15, -0.1) is 0 Å². The zero-order chi connectivity index (χ0) is 27.1. The number of aromatic nitrogens is 2. The predicted molar refractivity (Wildman–Crippen MR) is 152 cm³/mol. The number of para-hydroxylation sites is 1. The number of nitrogens with zero attached hydrogens (tertiary/aromatic N) is 3. The van der Waals surface area contributed by atoms with Crippen LogP contribution in [-0.2, 0) is 13.0 Å². The molecule has 3 N–H and O–H groups in total. The van der Waals surface area contributed by atoms with Crippen LogP contribution < -0.4 is 10.2 Å². The molecule has 0 spiro atoms. The van der Waals surface area contributed by atoms with Crippen molar-refractivity contribution in [3.8, 4) is 16.9 Å². The highest BCUT2D eigenvalue weighted by Crippen LogP contribution is 2.34. The molecule has 9 heteroatoms. The summed E-state index contributed by atoms with van der Waals surface area (Å²) in [5.41, 5.74) is 4.91. The van der Waals surface area contributed by atoms with Crippen molar-refractivity contribution >= 4 is 44.4 Å². The minimum Gasteiger partial charge on any atom is -0.508 e. The maximum atomic E-state index is 13.3. The van der Waals surface area contributed by atoms with Crippen molar-refractivity contribution in [1.29, 1.82) is 0 Å². The van der Waals surface area contributed by atoms with Gasteiger partial charge in [0.1, 0.15) is 11.6 Å². The van der Waals surface area contributed by atoms with E-state index >= 15 is 0 Å². The smallest absolute Gasteiger partial charge is 0.355 e. The highest BCUT2D eigenvalue weighted by atomic mass is 32.1. The van der Waals surface area contributed by atoms with E-state index in [0.29, 0.717) is 52.7 Å². The lowest BCUT2D eigenvalue weighted by Gasteiger charge is -2.31. The van der Waals surface area contributed by atoms with E-state index in [0.717, 1.165) is 21.3 Å². The summed E-state index contributed by atoms with van der Waals surface area (Å²) in [6, 6.07) is 22.0. The summed E-state index contributed by atoms with van der Waals surface area (Å²) in [5.74, 6) is -0.775. The molecule has 2 aromatic heterocycles. The lowest BCUT2D eigenvalue weighted by atomic mass is 9.94. The normalized spacial score (nSPS) is 12.8. The first-order chi connectivity index (χ1) is 18.9. The molecule has 8 nitrogen and oxygen atoms in total. The Morgan fingerprint density at radius 1 is 0.949 bits per heavy atom. The average Bonchev–Trinajstić information content (AvgIpc) is 3.36. The lowest BCUT2D eigenvalue weighted by molar-refractivity contribution is 0.0691. The van der Waals surface area contributed by atoms with Gasteiger partial charge in [-0.3, -0.25) is 10.1 Å². The molecule has 1 amide bonds. The van der Waals surface area contributed by atoms with Crippen LogP contribution >= 0.6 is 11.3 Å². The monoisotopic (exact) mass is 536 g/mol. The third-order valence-corrected chi connectivity index (χ3v) is 7.99. The van der Waals surface area contributed by atoms with Crippen molar-refractivity contribution in [1.82, 2.24) is 9.97 Å². The highest BCUT2D eigenvalue weighted by Gasteiger charge is 2.25. The summed E-state index contributed by atoms with van der Waals surface area (Å²) in [6.45, 7) is 2.79. The number of thiazole rings is 1. The minimum atomic E-state index is -1.15. The number of rotatable bonds is 5. The van der Waals surface area contributed by atoms with Gasteiger partial charge in [-0.25, -0.2) is 14.8 Å². The van der Waals surface area contributed by atoms with Crippen LogP contribution in [0.1, 0.15) is 37.5 Å². The predicted octanol–water partition coefficient (Wildman–Crippen LogP) is 5.89. The number of phenols is 1. The molecule has 0 fully saturated rings. The zero-order valence-electron chi connectivity index (χ0n) is 21.0. The number of hydrogen-bond acceptors (Lipinski definition) is 7. The van der Waals surface area contributed by atoms with Gasteiger partial charge in [-0.2, -0.15) is 0 Å². The Hall–Kier alpha value is -4.76. The Kier molecular flexibility index (Phi) is 6.20. The molecule has 0 bridgehead atoms. The summed E-state index contributed by atoms with van der Waals surface area (Å²) in [6.07, 6.45) is 0.690. The molecule has 1 aliphatic rings. The molecule has 0 saturated heterocycles. The summed E-state index contributed by atoms with van der Waals surface area (Å²) < 4.78 is 0.999. The second kappa shape index (κ2) is 9.85. The number of nitrogens with one attached hydrogen (secondary N) is 1. The van der Waals surface area contributed by atoms with Gasteiger partial charge < -0.3 is 15.1 Å². The van der Waals surface area contributed by atoms with Crippen molar-refractivity contribution in [2.24, 2.45) is 0 Å². The van der Waals surface area contributed by atoms with Crippen LogP contribution in [0.25, 0.3) is 21.3 Å². The summed E-state index contributed by atoms with van der Waals surface area (Å²) in [7, 11) is 0. The lowest BCUT2D eigenvalue weighted by Crippen LogP contribution is -2.33. The van der Waals surface area contributed by atoms with Gasteiger partial charge in [0.05, 0.1) is 10.2 Å². The summed E-state index contributed by atoms with van der Waals surface area (Å²) >= 11 is 1.43. The number of anilines is 2. The Labute approximate surface area is 228 Å². The largest absolute Gasteiger partial charge is 0.508 e. The first-order valence-electron chi connectivity index (χ1n) is 12.4. The molecule has 6 rings (SSSR count). The number of phenolic OH excluding ortho intramolecular Hbond substituents is 1. The standard InChI is InChI=1S/C30H24N4O4S/c1-17-19(7-5-10-24(17)35)20-12-13-26(32-27(20)29(37)38)34-15-14-18-6-4-8-21(22(18)16-34)28(36)33-30-31-23-9-2-3-11-25(23)39-30/h2-13,35H,14-16H2,1H3,(H,37,38)(H,31,33,36). The molecule has 0 radical (unpaired) electrons. The molecule has 194 valence electrons. The van der Waals surface area contributed by atoms with E-state index in [4.69, 9.17) is 0 Å². The first-order valence-corrected chi connectivity index (χ1v) is 13.3. The summed E-state index contributed by atoms with van der Waals surface area (Å²) in [4.78, 5) is 36.6. The van der Waals surface area contributed by atoms with E-state index in [1.54, 1.807) is 43.3 Å². The van der Waals surface area contributed by atoms with Crippen LogP contribution in [0.2, 0.25) is 0 Å². The van der Waals surface area contributed by atoms with Crippen molar-refractivity contribution < 1.29 is 19.8 Å². The average molecular weight is 537 g/mol. The van der Waals surface area contributed by atoms with Crippen LogP contribution in [0.3, 0.4) is 0 Å². The summed E-state index contributed by atoms with van der Waals surface area (Å²) in [5, 5.41) is 23.6. The van der Waals surface area contributed by atoms with Crippen LogP contribution in [0.4, 0.5) is 10.9 Å². The van der Waals surface area contributed by atoms with Crippen molar-refractivity contribution in [3.63, 3.8) is 0 Å². The zero-order valence-corrected chi connectivity index (χ0v) is 21.8. The van der Waals surface area contributed by atoms with Gasteiger partial charge in [-0.05, 0) is 72.0 Å². The number of fused-ring (bicyclic) bond motifs is 2. The van der Waals surface area contributed by atoms with Crippen LogP contribution in [0.15, 0.2) is 72.8 Å². The first kappa shape index (κ1) is 24.6. The van der Waals surface area contributed by atoms with Crippen LogP contribution in [0, 0.1) is 6.92 Å². The third-order valence-electron chi connectivity index (χ3n) is 7.03. The maximum absolute atomic E-state index is 13.3. The number of carboxylic acids is 1. The number of hydrogen-bond donors (Lipinski definition) is 3. The molecule has 39 heavy (non-hydrogen) atoms. The van der Waals surface area contributed by atoms with Crippen LogP contribution in [-0.4, -0.2) is 38.6 Å². The molecule has 0 aliphatic carbocycles. The minimum absolute atomic E-state index is 0.0890. The Bertz CT molecular complexity index is 1730.